The third-order valence-corrected chi connectivity index (χ3v) is 2.71. The smallest absolute Gasteiger partial charge is 0.251 e. The molecule has 0 saturated carbocycles. The van der Waals surface area contributed by atoms with E-state index in [4.69, 9.17) is 0 Å². The van der Waals surface area contributed by atoms with Crippen LogP contribution in [0.1, 0.15) is 0 Å². The predicted octanol–water partition coefficient (Wildman–Crippen LogP) is 4.14. The van der Waals surface area contributed by atoms with Gasteiger partial charge in [-0.1, -0.05) is 0 Å². The fourth-order valence-electron chi connectivity index (χ4n) is 1.24. The van der Waals surface area contributed by atoms with E-state index in [1.807, 2.05) is 0 Å². The number of benzene rings is 1. The van der Waals surface area contributed by atoms with Gasteiger partial charge in [0.25, 0.3) is 5.95 Å². The molecule has 94 valence electrons. The lowest BCUT2D eigenvalue weighted by Crippen LogP contribution is -2.01. The maximum Gasteiger partial charge on any atom is 0.251 e. The number of hydrogen-bond acceptors (Lipinski definition) is 2. The molecule has 2 aromatic rings. The number of nitrogens with zero attached hydrogens (tertiary/aromatic N) is 1. The minimum absolute atomic E-state index is 0.160. The van der Waals surface area contributed by atoms with Crippen LogP contribution in [0.15, 0.2) is 28.7 Å². The van der Waals surface area contributed by atoms with Crippen LogP contribution in [0.4, 0.5) is 29.1 Å². The standard InChI is InChI=1S/C11H5BrF4N2/c12-6-2-1-5(3-7(6)13)17-11-9(15)4-8(14)10(16)18-11/h1-4H,(H,17,18). The Morgan fingerprint density at radius 3 is 2.33 bits per heavy atom. The van der Waals surface area contributed by atoms with Crippen molar-refractivity contribution in [2.45, 2.75) is 0 Å². The highest BCUT2D eigenvalue weighted by Crippen LogP contribution is 2.23. The van der Waals surface area contributed by atoms with E-state index in [-0.39, 0.29) is 10.2 Å². The molecular weight excluding hydrogens is 316 g/mol. The van der Waals surface area contributed by atoms with Crippen molar-refractivity contribution < 1.29 is 17.6 Å². The molecule has 0 aliphatic carbocycles. The van der Waals surface area contributed by atoms with Gasteiger partial charge in [0, 0.05) is 11.8 Å². The largest absolute Gasteiger partial charge is 0.338 e. The highest BCUT2D eigenvalue weighted by Gasteiger charge is 2.12. The molecule has 1 aromatic carbocycles. The molecule has 2 nitrogen and oxygen atoms in total. The Morgan fingerprint density at radius 2 is 1.67 bits per heavy atom. The topological polar surface area (TPSA) is 24.9 Å². The summed E-state index contributed by atoms with van der Waals surface area (Å²) in [5, 5.41) is 2.35. The monoisotopic (exact) mass is 320 g/mol. The molecule has 0 aliphatic rings. The fourth-order valence-corrected chi connectivity index (χ4v) is 1.49. The summed E-state index contributed by atoms with van der Waals surface area (Å²) in [6, 6.07) is 4.23. The van der Waals surface area contributed by atoms with Crippen LogP contribution in [0.2, 0.25) is 0 Å². The Labute approximate surface area is 108 Å². The second-order valence-electron chi connectivity index (χ2n) is 3.35. The van der Waals surface area contributed by atoms with Gasteiger partial charge in [-0.05, 0) is 34.1 Å². The molecule has 0 saturated heterocycles. The van der Waals surface area contributed by atoms with E-state index in [1.54, 1.807) is 0 Å². The van der Waals surface area contributed by atoms with Gasteiger partial charge in [0.05, 0.1) is 4.47 Å². The lowest BCUT2D eigenvalue weighted by Gasteiger charge is -2.07. The summed E-state index contributed by atoms with van der Waals surface area (Å²) in [7, 11) is 0. The van der Waals surface area contributed by atoms with Crippen LogP contribution in [-0.2, 0) is 0 Å². The number of halogens is 5. The molecule has 0 atom stereocenters. The van der Waals surface area contributed by atoms with Gasteiger partial charge in [-0.15, -0.1) is 0 Å². The molecule has 0 amide bonds. The molecule has 2 rings (SSSR count). The molecule has 1 N–H and O–H groups in total. The highest BCUT2D eigenvalue weighted by atomic mass is 79.9. The van der Waals surface area contributed by atoms with Gasteiger partial charge in [-0.25, -0.2) is 13.2 Å². The fraction of sp³-hybridized carbons (Fsp3) is 0. The first-order valence-corrected chi connectivity index (χ1v) is 5.50. The summed E-state index contributed by atoms with van der Waals surface area (Å²) in [6.45, 7) is 0. The summed E-state index contributed by atoms with van der Waals surface area (Å²) in [5.41, 5.74) is 0.160. The van der Waals surface area contributed by atoms with Crippen molar-refractivity contribution in [3.05, 3.63) is 52.1 Å². The van der Waals surface area contributed by atoms with E-state index >= 15 is 0 Å². The Morgan fingerprint density at radius 1 is 0.944 bits per heavy atom. The Balaban J connectivity index is 2.34. The minimum Gasteiger partial charge on any atom is -0.338 e. The number of hydrogen-bond donors (Lipinski definition) is 1. The Kier molecular flexibility index (Phi) is 3.51. The number of anilines is 2. The third kappa shape index (κ3) is 2.61. The van der Waals surface area contributed by atoms with Crippen LogP contribution in [-0.4, -0.2) is 4.98 Å². The van der Waals surface area contributed by atoms with Crippen molar-refractivity contribution in [3.8, 4) is 0 Å². The van der Waals surface area contributed by atoms with Crippen LogP contribution >= 0.6 is 15.9 Å². The SMILES string of the molecule is Fc1cc(Nc2nc(F)c(F)cc2F)ccc1Br. The van der Waals surface area contributed by atoms with E-state index in [1.165, 1.54) is 12.1 Å². The average molecular weight is 321 g/mol. The quantitative estimate of drug-likeness (QED) is 0.664. The minimum atomic E-state index is -1.43. The molecule has 0 unspecified atom stereocenters. The summed E-state index contributed by atoms with van der Waals surface area (Å²) < 4.78 is 52.2. The van der Waals surface area contributed by atoms with Crippen molar-refractivity contribution >= 4 is 27.4 Å². The van der Waals surface area contributed by atoms with Gasteiger partial charge >= 0.3 is 0 Å². The van der Waals surface area contributed by atoms with Crippen molar-refractivity contribution in [2.75, 3.05) is 5.32 Å². The van der Waals surface area contributed by atoms with Crippen molar-refractivity contribution in [2.24, 2.45) is 0 Å². The molecule has 1 aromatic heterocycles. The van der Waals surface area contributed by atoms with Gasteiger partial charge in [-0.2, -0.15) is 9.37 Å². The van der Waals surface area contributed by atoms with Crippen LogP contribution < -0.4 is 5.32 Å². The first kappa shape index (κ1) is 12.8. The molecular formula is C11H5BrF4N2. The molecule has 1 heterocycles. The number of nitrogens with one attached hydrogen (secondary N) is 1. The van der Waals surface area contributed by atoms with E-state index in [9.17, 15) is 17.6 Å². The summed E-state index contributed by atoms with van der Waals surface area (Å²) >= 11 is 2.95. The highest BCUT2D eigenvalue weighted by molar-refractivity contribution is 9.10. The lowest BCUT2D eigenvalue weighted by molar-refractivity contribution is 0.467. The van der Waals surface area contributed by atoms with Gasteiger partial charge in [-0.3, -0.25) is 0 Å². The molecule has 0 spiro atoms. The van der Waals surface area contributed by atoms with Gasteiger partial charge in [0.15, 0.2) is 17.5 Å². The van der Waals surface area contributed by atoms with Gasteiger partial charge < -0.3 is 5.32 Å². The van der Waals surface area contributed by atoms with E-state index in [0.29, 0.717) is 6.07 Å². The van der Waals surface area contributed by atoms with Crippen LogP contribution in [0.5, 0.6) is 0 Å². The Bertz CT molecular complexity index is 604. The third-order valence-electron chi connectivity index (χ3n) is 2.07. The van der Waals surface area contributed by atoms with Crippen LogP contribution in [0, 0.1) is 23.4 Å². The number of rotatable bonds is 2. The molecule has 18 heavy (non-hydrogen) atoms. The first-order chi connectivity index (χ1) is 8.47. The molecule has 0 aliphatic heterocycles. The first-order valence-electron chi connectivity index (χ1n) is 4.71. The maximum atomic E-state index is 13.3. The normalized spacial score (nSPS) is 10.5. The maximum absolute atomic E-state index is 13.3. The molecule has 0 bridgehead atoms. The summed E-state index contributed by atoms with van der Waals surface area (Å²) in [4.78, 5) is 3.06. The Hall–Kier alpha value is -1.63. The van der Waals surface area contributed by atoms with E-state index in [2.05, 4.69) is 26.2 Å². The molecule has 7 heteroatoms. The predicted molar refractivity (Wildman–Crippen MR) is 61.5 cm³/mol. The van der Waals surface area contributed by atoms with Crippen LogP contribution in [0.3, 0.4) is 0 Å². The van der Waals surface area contributed by atoms with Crippen molar-refractivity contribution in [3.63, 3.8) is 0 Å². The number of pyridine rings is 1. The van der Waals surface area contributed by atoms with Crippen molar-refractivity contribution in [1.82, 2.24) is 4.98 Å². The summed E-state index contributed by atoms with van der Waals surface area (Å²) in [5.74, 6) is -4.99. The second kappa shape index (κ2) is 4.93. The zero-order chi connectivity index (χ0) is 13.3. The average Bonchev–Trinajstić information content (AvgIpc) is 2.31. The molecule has 0 radical (unpaired) electrons. The van der Waals surface area contributed by atoms with Gasteiger partial charge in [0.1, 0.15) is 5.82 Å². The van der Waals surface area contributed by atoms with Crippen molar-refractivity contribution in [1.29, 1.82) is 0 Å². The summed E-state index contributed by atoms with van der Waals surface area (Å²) in [6.07, 6.45) is 0. The zero-order valence-corrected chi connectivity index (χ0v) is 10.2. The van der Waals surface area contributed by atoms with E-state index < -0.39 is 29.2 Å². The molecule has 0 fully saturated rings. The van der Waals surface area contributed by atoms with E-state index in [0.717, 1.165) is 6.07 Å². The van der Waals surface area contributed by atoms with Gasteiger partial charge in [0.2, 0.25) is 0 Å². The zero-order valence-electron chi connectivity index (χ0n) is 8.65. The number of aromatic nitrogens is 1. The lowest BCUT2D eigenvalue weighted by atomic mass is 10.3. The second-order valence-corrected chi connectivity index (χ2v) is 4.20. The van der Waals surface area contributed by atoms with Crippen LogP contribution in [0.25, 0.3) is 0 Å².